The smallest absolute Gasteiger partial charge is 0.120 e. The number of aromatic nitrogens is 1. The van der Waals surface area contributed by atoms with Gasteiger partial charge in [0.15, 0.2) is 0 Å². The Bertz CT molecular complexity index is 480. The number of nitrogens with one attached hydrogen (secondary N) is 1. The van der Waals surface area contributed by atoms with E-state index in [9.17, 15) is 5.11 Å². The number of phenols is 1. The van der Waals surface area contributed by atoms with Gasteiger partial charge in [-0.3, -0.25) is 0 Å². The Morgan fingerprint density at radius 2 is 2.07 bits per heavy atom. The summed E-state index contributed by atoms with van der Waals surface area (Å²) in [6.07, 6.45) is 2.52. The fourth-order valence-electron chi connectivity index (χ4n) is 1.81. The van der Waals surface area contributed by atoms with Gasteiger partial charge in [-0.2, -0.15) is 0 Å². The molecule has 3 nitrogen and oxygen atoms in total. The van der Waals surface area contributed by atoms with Crippen LogP contribution in [0.4, 0.5) is 0 Å². The highest BCUT2D eigenvalue weighted by atomic mass is 16.3. The molecule has 0 radical (unpaired) electrons. The average Bonchev–Trinajstić information content (AvgIpc) is 2.56. The Kier molecular flexibility index (Phi) is 2.20. The van der Waals surface area contributed by atoms with Crippen molar-refractivity contribution in [3.05, 3.63) is 30.0 Å². The molecule has 4 N–H and O–H groups in total. The first-order valence-electron chi connectivity index (χ1n) is 5.04. The van der Waals surface area contributed by atoms with Crippen LogP contribution in [0.25, 0.3) is 10.9 Å². The second kappa shape index (κ2) is 3.28. The number of aromatic hydroxyl groups is 1. The lowest BCUT2D eigenvalue weighted by Crippen LogP contribution is -2.34. The third-order valence-electron chi connectivity index (χ3n) is 2.44. The molecule has 2 rings (SSSR count). The predicted octanol–water partition coefficient (Wildman–Crippen LogP) is 2.15. The summed E-state index contributed by atoms with van der Waals surface area (Å²) in [5, 5.41) is 10.9. The Balaban J connectivity index is 2.56. The number of phenolic OH excluding ortho intramolecular Hbond substituents is 1. The maximum Gasteiger partial charge on any atom is 0.120 e. The molecule has 3 heteroatoms. The standard InChI is InChI=1S/C12H16N2O/c1-12(2,13)7-9-10(15)4-3-8-5-6-14-11(8)9/h3-6,14-15H,7,13H2,1-2H3. The molecular weight excluding hydrogens is 188 g/mol. The van der Waals surface area contributed by atoms with Crippen molar-refractivity contribution in [2.45, 2.75) is 25.8 Å². The minimum absolute atomic E-state index is 0.309. The van der Waals surface area contributed by atoms with Gasteiger partial charge in [-0.1, -0.05) is 0 Å². The minimum Gasteiger partial charge on any atom is -0.508 e. The van der Waals surface area contributed by atoms with Crippen LogP contribution in [0.3, 0.4) is 0 Å². The number of hydrogen-bond acceptors (Lipinski definition) is 2. The van der Waals surface area contributed by atoms with Crippen molar-refractivity contribution in [1.82, 2.24) is 4.98 Å². The maximum atomic E-state index is 9.81. The summed E-state index contributed by atoms with van der Waals surface area (Å²) in [4.78, 5) is 3.14. The fraction of sp³-hybridized carbons (Fsp3) is 0.333. The van der Waals surface area contributed by atoms with Crippen molar-refractivity contribution in [3.8, 4) is 5.75 Å². The average molecular weight is 204 g/mol. The van der Waals surface area contributed by atoms with Gasteiger partial charge in [-0.15, -0.1) is 0 Å². The van der Waals surface area contributed by atoms with Crippen LogP contribution in [-0.4, -0.2) is 15.6 Å². The van der Waals surface area contributed by atoms with Crippen molar-refractivity contribution in [2.24, 2.45) is 5.73 Å². The SMILES string of the molecule is CC(C)(N)Cc1c(O)ccc2cc[nH]c12. The first-order valence-corrected chi connectivity index (χ1v) is 5.04. The molecule has 0 spiro atoms. The molecule has 80 valence electrons. The molecule has 1 aromatic heterocycles. The normalized spacial score (nSPS) is 12.2. The van der Waals surface area contributed by atoms with E-state index < -0.39 is 0 Å². The molecule has 1 heterocycles. The van der Waals surface area contributed by atoms with Crippen LogP contribution in [-0.2, 0) is 6.42 Å². The molecule has 2 aromatic rings. The van der Waals surface area contributed by atoms with E-state index in [4.69, 9.17) is 5.73 Å². The van der Waals surface area contributed by atoms with Gasteiger partial charge in [0, 0.05) is 17.3 Å². The number of fused-ring (bicyclic) bond motifs is 1. The first kappa shape index (κ1) is 10.1. The lowest BCUT2D eigenvalue weighted by molar-refractivity contribution is 0.451. The Morgan fingerprint density at radius 1 is 1.33 bits per heavy atom. The Labute approximate surface area is 88.9 Å². The van der Waals surface area contributed by atoms with Crippen molar-refractivity contribution >= 4 is 10.9 Å². The molecule has 0 aliphatic rings. The van der Waals surface area contributed by atoms with Gasteiger partial charge in [0.25, 0.3) is 0 Å². The number of rotatable bonds is 2. The van der Waals surface area contributed by atoms with Crippen LogP contribution in [0, 0.1) is 0 Å². The van der Waals surface area contributed by atoms with Crippen LogP contribution in [0.15, 0.2) is 24.4 Å². The van der Waals surface area contributed by atoms with E-state index in [0.29, 0.717) is 12.2 Å². The number of nitrogens with two attached hydrogens (primary N) is 1. The molecular formula is C12H16N2O. The third-order valence-corrected chi connectivity index (χ3v) is 2.44. The van der Waals surface area contributed by atoms with Gasteiger partial charge in [-0.05, 0) is 43.9 Å². The quantitative estimate of drug-likeness (QED) is 0.702. The number of benzene rings is 1. The van der Waals surface area contributed by atoms with E-state index in [1.165, 1.54) is 0 Å². The third kappa shape index (κ3) is 1.97. The summed E-state index contributed by atoms with van der Waals surface area (Å²) < 4.78 is 0. The zero-order valence-electron chi connectivity index (χ0n) is 9.04. The summed E-state index contributed by atoms with van der Waals surface area (Å²) in [5.41, 5.74) is 7.52. The van der Waals surface area contributed by atoms with Crippen LogP contribution < -0.4 is 5.73 Å². The second-order valence-corrected chi connectivity index (χ2v) is 4.67. The Morgan fingerprint density at radius 3 is 2.73 bits per heavy atom. The molecule has 0 saturated heterocycles. The topological polar surface area (TPSA) is 62.0 Å². The number of aromatic amines is 1. The molecule has 0 aliphatic carbocycles. The number of H-pyrrole nitrogens is 1. The summed E-state index contributed by atoms with van der Waals surface area (Å²) in [6.45, 7) is 3.91. The molecule has 1 aromatic carbocycles. The Hall–Kier alpha value is -1.48. The highest BCUT2D eigenvalue weighted by Gasteiger charge is 2.17. The molecule has 0 aliphatic heterocycles. The summed E-state index contributed by atoms with van der Waals surface area (Å²) >= 11 is 0. The largest absolute Gasteiger partial charge is 0.508 e. The van der Waals surface area contributed by atoms with Crippen molar-refractivity contribution in [2.75, 3.05) is 0 Å². The summed E-state index contributed by atoms with van der Waals surface area (Å²) in [6, 6.07) is 5.60. The van der Waals surface area contributed by atoms with Crippen LogP contribution in [0.1, 0.15) is 19.4 Å². The molecule has 15 heavy (non-hydrogen) atoms. The van der Waals surface area contributed by atoms with Gasteiger partial charge in [0.1, 0.15) is 5.75 Å². The van der Waals surface area contributed by atoms with Gasteiger partial charge in [0.05, 0.1) is 5.52 Å². The fourth-order valence-corrected chi connectivity index (χ4v) is 1.81. The maximum absolute atomic E-state index is 9.81. The molecule has 0 bridgehead atoms. The van der Waals surface area contributed by atoms with Crippen molar-refractivity contribution in [3.63, 3.8) is 0 Å². The van der Waals surface area contributed by atoms with Gasteiger partial charge in [-0.25, -0.2) is 0 Å². The van der Waals surface area contributed by atoms with Crippen LogP contribution in [0.5, 0.6) is 5.75 Å². The van der Waals surface area contributed by atoms with E-state index in [1.54, 1.807) is 6.07 Å². The zero-order valence-corrected chi connectivity index (χ0v) is 9.04. The zero-order chi connectivity index (χ0) is 11.1. The van der Waals surface area contributed by atoms with E-state index in [1.807, 2.05) is 32.2 Å². The van der Waals surface area contributed by atoms with E-state index in [2.05, 4.69) is 4.98 Å². The lowest BCUT2D eigenvalue weighted by atomic mass is 9.94. The van der Waals surface area contributed by atoms with E-state index in [-0.39, 0.29) is 5.54 Å². The molecule has 0 fully saturated rings. The highest BCUT2D eigenvalue weighted by Crippen LogP contribution is 2.28. The number of hydrogen-bond donors (Lipinski definition) is 3. The second-order valence-electron chi connectivity index (χ2n) is 4.67. The van der Waals surface area contributed by atoms with Crippen molar-refractivity contribution < 1.29 is 5.11 Å². The summed E-state index contributed by atoms with van der Waals surface area (Å²) in [7, 11) is 0. The van der Waals surface area contributed by atoms with Gasteiger partial charge < -0.3 is 15.8 Å². The minimum atomic E-state index is -0.323. The van der Waals surface area contributed by atoms with Gasteiger partial charge >= 0.3 is 0 Å². The van der Waals surface area contributed by atoms with E-state index >= 15 is 0 Å². The molecule has 0 unspecified atom stereocenters. The van der Waals surface area contributed by atoms with Crippen molar-refractivity contribution in [1.29, 1.82) is 0 Å². The monoisotopic (exact) mass is 204 g/mol. The molecule has 0 atom stereocenters. The first-order chi connectivity index (χ1) is 6.97. The van der Waals surface area contributed by atoms with Crippen LogP contribution >= 0.6 is 0 Å². The van der Waals surface area contributed by atoms with Gasteiger partial charge in [0.2, 0.25) is 0 Å². The highest BCUT2D eigenvalue weighted by molar-refractivity contribution is 5.84. The predicted molar refractivity (Wildman–Crippen MR) is 61.9 cm³/mol. The molecule has 0 amide bonds. The van der Waals surface area contributed by atoms with Crippen LogP contribution in [0.2, 0.25) is 0 Å². The molecule has 0 saturated carbocycles. The summed E-state index contributed by atoms with van der Waals surface area (Å²) in [5.74, 6) is 0.309. The van der Waals surface area contributed by atoms with E-state index in [0.717, 1.165) is 16.5 Å². The lowest BCUT2D eigenvalue weighted by Gasteiger charge is -2.19.